The Labute approximate surface area is 122 Å². The van der Waals surface area contributed by atoms with E-state index >= 15 is 0 Å². The first-order valence-corrected chi connectivity index (χ1v) is 6.44. The van der Waals surface area contributed by atoms with Gasteiger partial charge in [-0.25, -0.2) is 8.78 Å². The van der Waals surface area contributed by atoms with Gasteiger partial charge in [0.2, 0.25) is 0 Å². The summed E-state index contributed by atoms with van der Waals surface area (Å²) >= 11 is 0. The number of benzene rings is 2. The highest BCUT2D eigenvalue weighted by atomic mass is 19.3. The van der Waals surface area contributed by atoms with E-state index in [1.807, 2.05) is 24.3 Å². The molecule has 0 saturated heterocycles. The zero-order chi connectivity index (χ0) is 15.1. The van der Waals surface area contributed by atoms with Gasteiger partial charge in [0.15, 0.2) is 0 Å². The Morgan fingerprint density at radius 2 is 1.86 bits per heavy atom. The SMILES string of the molecule is C=Cc1cccc(CON=Cc2cccc(C(F)F)c2)c1. The lowest BCUT2D eigenvalue weighted by atomic mass is 10.1. The maximum Gasteiger partial charge on any atom is 0.263 e. The molecule has 2 nitrogen and oxygen atoms in total. The van der Waals surface area contributed by atoms with Crippen molar-refractivity contribution in [3.8, 4) is 0 Å². The van der Waals surface area contributed by atoms with E-state index < -0.39 is 6.43 Å². The molecular weight excluding hydrogens is 272 g/mol. The van der Waals surface area contributed by atoms with Crippen LogP contribution < -0.4 is 0 Å². The third-order valence-electron chi connectivity index (χ3n) is 2.86. The van der Waals surface area contributed by atoms with E-state index in [0.717, 1.165) is 11.1 Å². The van der Waals surface area contributed by atoms with Gasteiger partial charge in [0.1, 0.15) is 6.61 Å². The first-order chi connectivity index (χ1) is 10.2. The van der Waals surface area contributed by atoms with Gasteiger partial charge in [0.05, 0.1) is 6.21 Å². The molecule has 0 saturated carbocycles. The number of alkyl halides is 2. The molecule has 0 aliphatic heterocycles. The summed E-state index contributed by atoms with van der Waals surface area (Å²) in [7, 11) is 0. The third-order valence-corrected chi connectivity index (χ3v) is 2.86. The van der Waals surface area contributed by atoms with Gasteiger partial charge in [-0.05, 0) is 28.8 Å². The molecule has 2 rings (SSSR count). The molecule has 0 atom stereocenters. The molecule has 2 aromatic carbocycles. The summed E-state index contributed by atoms with van der Waals surface area (Å²) in [6, 6.07) is 13.7. The van der Waals surface area contributed by atoms with Crippen LogP contribution in [0.15, 0.2) is 60.3 Å². The molecule has 0 amide bonds. The van der Waals surface area contributed by atoms with Gasteiger partial charge in [-0.3, -0.25) is 0 Å². The molecule has 4 heteroatoms. The quantitative estimate of drug-likeness (QED) is 0.551. The van der Waals surface area contributed by atoms with Gasteiger partial charge < -0.3 is 4.84 Å². The van der Waals surface area contributed by atoms with E-state index in [1.165, 1.54) is 18.3 Å². The molecule has 0 bridgehead atoms. The number of nitrogens with zero attached hydrogens (tertiary/aromatic N) is 1. The monoisotopic (exact) mass is 287 g/mol. The summed E-state index contributed by atoms with van der Waals surface area (Å²) < 4.78 is 25.1. The summed E-state index contributed by atoms with van der Waals surface area (Å²) in [4.78, 5) is 5.17. The van der Waals surface area contributed by atoms with Crippen molar-refractivity contribution in [3.63, 3.8) is 0 Å². The van der Waals surface area contributed by atoms with Crippen LogP contribution in [0.25, 0.3) is 6.08 Å². The minimum Gasteiger partial charge on any atom is -0.391 e. The van der Waals surface area contributed by atoms with E-state index in [1.54, 1.807) is 18.2 Å². The maximum atomic E-state index is 12.5. The normalized spacial score (nSPS) is 11.0. The highest BCUT2D eigenvalue weighted by molar-refractivity contribution is 5.79. The van der Waals surface area contributed by atoms with Gasteiger partial charge in [0.25, 0.3) is 6.43 Å². The summed E-state index contributed by atoms with van der Waals surface area (Å²) in [6.45, 7) is 4.01. The van der Waals surface area contributed by atoms with Crippen LogP contribution in [-0.2, 0) is 11.4 Å². The van der Waals surface area contributed by atoms with Crippen LogP contribution in [0.4, 0.5) is 8.78 Å². The van der Waals surface area contributed by atoms with Crippen molar-refractivity contribution in [2.75, 3.05) is 0 Å². The zero-order valence-corrected chi connectivity index (χ0v) is 11.4. The molecule has 0 aliphatic carbocycles. The number of oxime groups is 1. The lowest BCUT2D eigenvalue weighted by Crippen LogP contribution is -1.90. The van der Waals surface area contributed by atoms with Crippen LogP contribution in [0.2, 0.25) is 0 Å². The van der Waals surface area contributed by atoms with Crippen molar-refractivity contribution in [1.29, 1.82) is 0 Å². The Morgan fingerprint density at radius 1 is 1.10 bits per heavy atom. The fourth-order valence-corrected chi connectivity index (χ4v) is 1.79. The van der Waals surface area contributed by atoms with Gasteiger partial charge in [-0.1, -0.05) is 54.2 Å². The molecule has 0 unspecified atom stereocenters. The molecule has 0 radical (unpaired) electrons. The molecule has 0 aromatic heterocycles. The average molecular weight is 287 g/mol. The summed E-state index contributed by atoms with van der Waals surface area (Å²) in [5.41, 5.74) is 2.51. The lowest BCUT2D eigenvalue weighted by Gasteiger charge is -2.02. The first kappa shape index (κ1) is 14.9. The topological polar surface area (TPSA) is 21.6 Å². The summed E-state index contributed by atoms with van der Waals surface area (Å²) in [6.07, 6.45) is 0.687. The number of hydrogen-bond donors (Lipinski definition) is 0. The van der Waals surface area contributed by atoms with Crippen LogP contribution in [0.1, 0.15) is 28.7 Å². The third kappa shape index (κ3) is 4.53. The lowest BCUT2D eigenvalue weighted by molar-refractivity contribution is 0.132. The van der Waals surface area contributed by atoms with Gasteiger partial charge in [0, 0.05) is 5.56 Å². The van der Waals surface area contributed by atoms with Crippen molar-refractivity contribution >= 4 is 12.3 Å². The molecule has 108 valence electrons. The molecular formula is C17H15F2NO. The Hall–Kier alpha value is -2.49. The molecule has 0 spiro atoms. The summed E-state index contributed by atoms with van der Waals surface area (Å²) in [5.74, 6) is 0. The predicted molar refractivity (Wildman–Crippen MR) is 80.3 cm³/mol. The summed E-state index contributed by atoms with van der Waals surface area (Å²) in [5, 5.41) is 3.80. The molecule has 0 heterocycles. The standard InChI is InChI=1S/C17H15F2NO/c1-2-13-5-3-7-15(9-13)12-21-20-11-14-6-4-8-16(10-14)17(18)19/h2-11,17H,1,12H2. The largest absolute Gasteiger partial charge is 0.391 e. The number of rotatable bonds is 6. The van der Waals surface area contributed by atoms with Gasteiger partial charge in [-0.2, -0.15) is 0 Å². The van der Waals surface area contributed by atoms with Crippen molar-refractivity contribution in [2.45, 2.75) is 13.0 Å². The fourth-order valence-electron chi connectivity index (χ4n) is 1.79. The number of hydrogen-bond acceptors (Lipinski definition) is 2. The van der Waals surface area contributed by atoms with Crippen LogP contribution in [0.3, 0.4) is 0 Å². The van der Waals surface area contributed by atoms with Gasteiger partial charge in [-0.15, -0.1) is 0 Å². The van der Waals surface area contributed by atoms with Crippen LogP contribution in [0, 0.1) is 0 Å². The van der Waals surface area contributed by atoms with E-state index in [4.69, 9.17) is 4.84 Å². The van der Waals surface area contributed by atoms with Crippen molar-refractivity contribution in [1.82, 2.24) is 0 Å². The first-order valence-electron chi connectivity index (χ1n) is 6.44. The van der Waals surface area contributed by atoms with Crippen molar-refractivity contribution in [3.05, 3.63) is 77.4 Å². The second-order valence-electron chi connectivity index (χ2n) is 4.43. The maximum absolute atomic E-state index is 12.5. The minimum absolute atomic E-state index is 0.0300. The Balaban J connectivity index is 1.93. The van der Waals surface area contributed by atoms with Crippen LogP contribution >= 0.6 is 0 Å². The molecule has 0 fully saturated rings. The second kappa shape index (κ2) is 7.33. The van der Waals surface area contributed by atoms with Crippen molar-refractivity contribution in [2.24, 2.45) is 5.16 Å². The highest BCUT2D eigenvalue weighted by Gasteiger charge is 2.05. The number of halogens is 2. The molecule has 0 N–H and O–H groups in total. The molecule has 2 aromatic rings. The molecule has 0 aliphatic rings. The van der Waals surface area contributed by atoms with Crippen LogP contribution in [0.5, 0.6) is 0 Å². The highest BCUT2D eigenvalue weighted by Crippen LogP contribution is 2.18. The second-order valence-corrected chi connectivity index (χ2v) is 4.43. The van der Waals surface area contributed by atoms with Crippen molar-refractivity contribution < 1.29 is 13.6 Å². The Kier molecular flexibility index (Phi) is 5.21. The average Bonchev–Trinajstić information content (AvgIpc) is 2.52. The van der Waals surface area contributed by atoms with Gasteiger partial charge >= 0.3 is 0 Å². The van der Waals surface area contributed by atoms with Crippen LogP contribution in [-0.4, -0.2) is 6.21 Å². The minimum atomic E-state index is -2.49. The van der Waals surface area contributed by atoms with E-state index in [2.05, 4.69) is 11.7 Å². The molecule has 21 heavy (non-hydrogen) atoms. The van der Waals surface area contributed by atoms with E-state index in [-0.39, 0.29) is 5.56 Å². The fraction of sp³-hybridized carbons (Fsp3) is 0.118. The Bertz CT molecular complexity index is 638. The van der Waals surface area contributed by atoms with E-state index in [0.29, 0.717) is 12.2 Å². The van der Waals surface area contributed by atoms with E-state index in [9.17, 15) is 8.78 Å². The Morgan fingerprint density at radius 3 is 2.62 bits per heavy atom. The smallest absolute Gasteiger partial charge is 0.263 e. The predicted octanol–water partition coefficient (Wildman–Crippen LogP) is 4.82. The zero-order valence-electron chi connectivity index (χ0n) is 11.4.